The van der Waals surface area contributed by atoms with Gasteiger partial charge in [0.2, 0.25) is 5.43 Å². The largest absolute Gasteiger partial charge is 0.488 e. The Balaban J connectivity index is 2.81. The molecule has 1 aromatic rings. The fourth-order valence-electron chi connectivity index (χ4n) is 1.24. The third-order valence-corrected chi connectivity index (χ3v) is 2.22. The van der Waals surface area contributed by atoms with E-state index in [9.17, 15) is 4.79 Å². The monoisotopic (exact) mass is 211 g/mol. The van der Waals surface area contributed by atoms with Crippen LogP contribution in [-0.4, -0.2) is 16.3 Å². The van der Waals surface area contributed by atoms with Gasteiger partial charge in [-0.2, -0.15) is 0 Å². The first-order chi connectivity index (χ1) is 7.19. The van der Waals surface area contributed by atoms with Gasteiger partial charge in [-0.05, 0) is 6.42 Å². The molecule has 0 aliphatic carbocycles. The topological polar surface area (TPSA) is 51.5 Å². The first-order valence-electron chi connectivity index (χ1n) is 5.12. The first-order valence-corrected chi connectivity index (χ1v) is 5.12. The van der Waals surface area contributed by atoms with Gasteiger partial charge < -0.3 is 14.4 Å². The van der Waals surface area contributed by atoms with Crippen LogP contribution < -0.4 is 10.2 Å². The second-order valence-electron chi connectivity index (χ2n) is 3.46. The fourth-order valence-corrected chi connectivity index (χ4v) is 1.24. The molecule has 0 saturated heterocycles. The van der Waals surface area contributed by atoms with Crippen LogP contribution in [0, 0.1) is 0 Å². The summed E-state index contributed by atoms with van der Waals surface area (Å²) in [6, 6.07) is 1.40. The molecule has 0 bridgehead atoms. The van der Waals surface area contributed by atoms with Gasteiger partial charge in [-0.15, -0.1) is 0 Å². The van der Waals surface area contributed by atoms with E-state index < -0.39 is 0 Å². The van der Waals surface area contributed by atoms with E-state index in [4.69, 9.17) is 9.84 Å². The maximum absolute atomic E-state index is 11.5. The number of aliphatic hydroxyl groups is 1. The minimum absolute atomic E-state index is 0.138. The van der Waals surface area contributed by atoms with E-state index >= 15 is 0 Å². The molecule has 1 aromatic heterocycles. The molecule has 0 atom stereocenters. The number of aryl methyl sites for hydroxylation is 1. The Bertz CT molecular complexity index is 371. The zero-order valence-electron chi connectivity index (χ0n) is 9.19. The first kappa shape index (κ1) is 11.8. The van der Waals surface area contributed by atoms with Gasteiger partial charge in [0.05, 0.1) is 19.4 Å². The summed E-state index contributed by atoms with van der Waals surface area (Å²) in [5, 5.41) is 8.95. The lowest BCUT2D eigenvalue weighted by Gasteiger charge is -2.09. The molecule has 0 saturated carbocycles. The summed E-state index contributed by atoms with van der Waals surface area (Å²) in [5.74, 6) is 0.350. The number of unbranched alkanes of at least 4 members (excludes halogenated alkanes) is 1. The summed E-state index contributed by atoms with van der Waals surface area (Å²) >= 11 is 0. The van der Waals surface area contributed by atoms with Crippen molar-refractivity contribution in [3.05, 3.63) is 28.2 Å². The Labute approximate surface area is 89.1 Å². The van der Waals surface area contributed by atoms with Crippen LogP contribution in [0.15, 0.2) is 17.1 Å². The lowest BCUT2D eigenvalue weighted by molar-refractivity contribution is 0.268. The third kappa shape index (κ3) is 3.09. The zero-order valence-corrected chi connectivity index (χ0v) is 9.19. The minimum Gasteiger partial charge on any atom is -0.488 e. The van der Waals surface area contributed by atoms with Crippen LogP contribution in [0.4, 0.5) is 0 Å². The molecule has 84 valence electrons. The minimum atomic E-state index is -0.173. The molecule has 1 N–H and O–H groups in total. The summed E-state index contributed by atoms with van der Waals surface area (Å²) in [7, 11) is 1.78. The Morgan fingerprint density at radius 3 is 2.87 bits per heavy atom. The van der Waals surface area contributed by atoms with Gasteiger partial charge in [0, 0.05) is 18.8 Å². The summed E-state index contributed by atoms with van der Waals surface area (Å²) in [5.41, 5.74) is 0.413. The quantitative estimate of drug-likeness (QED) is 0.741. The molecule has 1 heterocycles. The molecule has 0 aliphatic heterocycles. The van der Waals surface area contributed by atoms with E-state index in [1.165, 1.54) is 6.07 Å². The lowest BCUT2D eigenvalue weighted by atomic mass is 10.3. The highest BCUT2D eigenvalue weighted by Gasteiger charge is 2.04. The molecule has 0 spiro atoms. The Morgan fingerprint density at radius 1 is 1.53 bits per heavy atom. The maximum Gasteiger partial charge on any atom is 0.223 e. The van der Waals surface area contributed by atoms with Crippen LogP contribution in [0.5, 0.6) is 5.75 Å². The Kier molecular flexibility index (Phi) is 4.37. The van der Waals surface area contributed by atoms with Crippen molar-refractivity contribution >= 4 is 0 Å². The average Bonchev–Trinajstić information content (AvgIpc) is 2.23. The van der Waals surface area contributed by atoms with Crippen molar-refractivity contribution in [3.8, 4) is 5.75 Å². The number of rotatable bonds is 5. The number of hydrogen-bond acceptors (Lipinski definition) is 3. The summed E-state index contributed by atoms with van der Waals surface area (Å²) in [4.78, 5) is 11.5. The predicted octanol–water partition coefficient (Wildman–Crippen LogP) is 1.06. The van der Waals surface area contributed by atoms with Gasteiger partial charge in [-0.3, -0.25) is 4.79 Å². The average molecular weight is 211 g/mol. The number of aromatic nitrogens is 1. The number of pyridine rings is 1. The molecule has 0 unspecified atom stereocenters. The fraction of sp³-hybridized carbons (Fsp3) is 0.545. The Hall–Kier alpha value is -1.29. The van der Waals surface area contributed by atoms with E-state index in [0.717, 1.165) is 12.8 Å². The second kappa shape index (κ2) is 5.56. The van der Waals surface area contributed by atoms with Crippen molar-refractivity contribution in [2.75, 3.05) is 6.61 Å². The predicted molar refractivity (Wildman–Crippen MR) is 58.0 cm³/mol. The maximum atomic E-state index is 11.5. The molecule has 0 radical (unpaired) electrons. The molecular weight excluding hydrogens is 194 g/mol. The number of aliphatic hydroxyl groups excluding tert-OH is 1. The molecule has 15 heavy (non-hydrogen) atoms. The van der Waals surface area contributed by atoms with Gasteiger partial charge in [-0.25, -0.2) is 0 Å². The molecule has 0 amide bonds. The van der Waals surface area contributed by atoms with Crippen molar-refractivity contribution in [1.29, 1.82) is 0 Å². The van der Waals surface area contributed by atoms with Gasteiger partial charge in [0.1, 0.15) is 0 Å². The summed E-state index contributed by atoms with van der Waals surface area (Å²) in [6.07, 6.45) is 3.59. The van der Waals surface area contributed by atoms with Crippen molar-refractivity contribution in [2.24, 2.45) is 7.05 Å². The normalized spacial score (nSPS) is 10.3. The van der Waals surface area contributed by atoms with Crippen molar-refractivity contribution in [3.63, 3.8) is 0 Å². The molecule has 4 nitrogen and oxygen atoms in total. The molecule has 0 aromatic carbocycles. The van der Waals surface area contributed by atoms with E-state index in [-0.39, 0.29) is 12.0 Å². The molecule has 0 aliphatic rings. The summed E-state index contributed by atoms with van der Waals surface area (Å²) < 4.78 is 7.04. The van der Waals surface area contributed by atoms with Crippen molar-refractivity contribution < 1.29 is 9.84 Å². The van der Waals surface area contributed by atoms with E-state index in [2.05, 4.69) is 6.92 Å². The van der Waals surface area contributed by atoms with E-state index in [0.29, 0.717) is 18.1 Å². The Morgan fingerprint density at radius 2 is 2.27 bits per heavy atom. The van der Waals surface area contributed by atoms with E-state index in [1.807, 2.05) is 0 Å². The van der Waals surface area contributed by atoms with Gasteiger partial charge >= 0.3 is 0 Å². The highest BCUT2D eigenvalue weighted by Crippen LogP contribution is 2.06. The van der Waals surface area contributed by atoms with Crippen molar-refractivity contribution in [1.82, 2.24) is 4.57 Å². The van der Waals surface area contributed by atoms with Gasteiger partial charge in [0.15, 0.2) is 5.75 Å². The smallest absolute Gasteiger partial charge is 0.223 e. The molecule has 1 rings (SSSR count). The highest BCUT2D eigenvalue weighted by molar-refractivity contribution is 5.21. The molecule has 4 heteroatoms. The highest BCUT2D eigenvalue weighted by atomic mass is 16.5. The molecule has 0 fully saturated rings. The van der Waals surface area contributed by atoms with Crippen LogP contribution in [0.2, 0.25) is 0 Å². The van der Waals surface area contributed by atoms with Crippen LogP contribution in [0.25, 0.3) is 0 Å². The van der Waals surface area contributed by atoms with Crippen LogP contribution in [-0.2, 0) is 13.7 Å². The standard InChI is InChI=1S/C11H17NO3/c1-3-4-5-15-11-7-12(2)9(8-13)6-10(11)14/h6-7,13H,3-5,8H2,1-2H3. The van der Waals surface area contributed by atoms with Crippen LogP contribution in [0.1, 0.15) is 25.5 Å². The summed E-state index contributed by atoms with van der Waals surface area (Å²) in [6.45, 7) is 2.49. The van der Waals surface area contributed by atoms with Crippen LogP contribution >= 0.6 is 0 Å². The zero-order chi connectivity index (χ0) is 11.3. The number of hydrogen-bond donors (Lipinski definition) is 1. The van der Waals surface area contributed by atoms with Gasteiger partial charge in [-0.1, -0.05) is 13.3 Å². The van der Waals surface area contributed by atoms with Crippen molar-refractivity contribution in [2.45, 2.75) is 26.4 Å². The van der Waals surface area contributed by atoms with Gasteiger partial charge in [0.25, 0.3) is 0 Å². The second-order valence-corrected chi connectivity index (χ2v) is 3.46. The third-order valence-electron chi connectivity index (χ3n) is 2.22. The molecular formula is C11H17NO3. The number of ether oxygens (including phenoxy) is 1. The lowest BCUT2D eigenvalue weighted by Crippen LogP contribution is -2.14. The SMILES string of the molecule is CCCCOc1cn(C)c(CO)cc1=O. The van der Waals surface area contributed by atoms with Crippen LogP contribution in [0.3, 0.4) is 0 Å². The number of nitrogens with zero attached hydrogens (tertiary/aromatic N) is 1. The van der Waals surface area contributed by atoms with E-state index in [1.54, 1.807) is 17.8 Å².